The van der Waals surface area contributed by atoms with Gasteiger partial charge in [0.15, 0.2) is 0 Å². The van der Waals surface area contributed by atoms with Crippen LogP contribution in [0.2, 0.25) is 0 Å². The summed E-state index contributed by atoms with van der Waals surface area (Å²) >= 11 is 0. The first-order chi connectivity index (χ1) is 9.97. The highest BCUT2D eigenvalue weighted by Gasteiger charge is 2.35. The average Bonchev–Trinajstić information content (AvgIpc) is 2.80. The van der Waals surface area contributed by atoms with Gasteiger partial charge in [0.2, 0.25) is 11.8 Å². The van der Waals surface area contributed by atoms with Crippen molar-refractivity contribution < 1.29 is 19.5 Å². The van der Waals surface area contributed by atoms with Crippen molar-refractivity contribution in [2.24, 2.45) is 0 Å². The predicted molar refractivity (Wildman–Crippen MR) is 75.4 cm³/mol. The van der Waals surface area contributed by atoms with Crippen molar-refractivity contribution in [3.63, 3.8) is 0 Å². The van der Waals surface area contributed by atoms with Gasteiger partial charge in [-0.2, -0.15) is 0 Å². The SMILES string of the molecule is Cc1ccc(CN2C(=O)CCC2C(=O)NCC(=O)O)cc1. The second kappa shape index (κ2) is 6.39. The number of amides is 2. The van der Waals surface area contributed by atoms with E-state index in [1.165, 1.54) is 4.90 Å². The number of likely N-dealkylation sites (tertiary alicyclic amines) is 1. The molecule has 2 amide bonds. The van der Waals surface area contributed by atoms with Crippen LogP contribution in [-0.2, 0) is 20.9 Å². The van der Waals surface area contributed by atoms with Crippen molar-refractivity contribution in [2.45, 2.75) is 32.4 Å². The first-order valence-corrected chi connectivity index (χ1v) is 6.82. The average molecular weight is 290 g/mol. The molecule has 1 heterocycles. The molecule has 1 saturated heterocycles. The predicted octanol–water partition coefficient (Wildman–Crippen LogP) is 0.687. The number of nitrogens with zero attached hydrogens (tertiary/aromatic N) is 1. The largest absolute Gasteiger partial charge is 0.480 e. The summed E-state index contributed by atoms with van der Waals surface area (Å²) in [6.45, 7) is 1.92. The summed E-state index contributed by atoms with van der Waals surface area (Å²) in [5, 5.41) is 10.9. The Morgan fingerprint density at radius 1 is 1.33 bits per heavy atom. The highest BCUT2D eigenvalue weighted by molar-refractivity contribution is 5.92. The molecule has 1 unspecified atom stereocenters. The Kier molecular flexibility index (Phi) is 4.57. The van der Waals surface area contributed by atoms with Crippen LogP contribution in [0.5, 0.6) is 0 Å². The number of carboxylic acids is 1. The van der Waals surface area contributed by atoms with E-state index < -0.39 is 24.5 Å². The Bertz CT molecular complexity index is 553. The standard InChI is InChI=1S/C15H18N2O4/c1-10-2-4-11(5-3-10)9-17-12(6-7-13(17)18)15(21)16-8-14(19)20/h2-5,12H,6-9H2,1H3,(H,16,21)(H,19,20). The minimum Gasteiger partial charge on any atom is -0.480 e. The zero-order valence-corrected chi connectivity index (χ0v) is 11.8. The molecular formula is C15H18N2O4. The van der Waals surface area contributed by atoms with Crippen molar-refractivity contribution in [3.05, 3.63) is 35.4 Å². The van der Waals surface area contributed by atoms with E-state index in [0.717, 1.165) is 11.1 Å². The zero-order chi connectivity index (χ0) is 15.4. The third-order valence-electron chi connectivity index (χ3n) is 3.52. The number of aliphatic carboxylic acids is 1. The fraction of sp³-hybridized carbons (Fsp3) is 0.400. The number of hydrogen-bond acceptors (Lipinski definition) is 3. The van der Waals surface area contributed by atoms with Crippen molar-refractivity contribution in [1.29, 1.82) is 0 Å². The molecule has 0 aromatic heterocycles. The molecule has 112 valence electrons. The summed E-state index contributed by atoms with van der Waals surface area (Å²) in [4.78, 5) is 35.9. The summed E-state index contributed by atoms with van der Waals surface area (Å²) in [6, 6.07) is 7.17. The molecule has 0 bridgehead atoms. The number of rotatable bonds is 5. The summed E-state index contributed by atoms with van der Waals surface area (Å²) in [7, 11) is 0. The van der Waals surface area contributed by atoms with Gasteiger partial charge in [0.1, 0.15) is 12.6 Å². The second-order valence-electron chi connectivity index (χ2n) is 5.17. The Balaban J connectivity index is 2.04. The van der Waals surface area contributed by atoms with Crippen molar-refractivity contribution >= 4 is 17.8 Å². The third kappa shape index (κ3) is 3.81. The van der Waals surface area contributed by atoms with Crippen molar-refractivity contribution in [1.82, 2.24) is 10.2 Å². The van der Waals surface area contributed by atoms with Crippen LogP contribution in [0.25, 0.3) is 0 Å². The first-order valence-electron chi connectivity index (χ1n) is 6.82. The number of carbonyl (C=O) groups excluding carboxylic acids is 2. The minimum atomic E-state index is -1.10. The molecular weight excluding hydrogens is 272 g/mol. The topological polar surface area (TPSA) is 86.7 Å². The molecule has 0 saturated carbocycles. The molecule has 0 radical (unpaired) electrons. The monoisotopic (exact) mass is 290 g/mol. The lowest BCUT2D eigenvalue weighted by Gasteiger charge is -2.24. The summed E-state index contributed by atoms with van der Waals surface area (Å²) in [5.41, 5.74) is 2.08. The number of carbonyl (C=O) groups is 3. The second-order valence-corrected chi connectivity index (χ2v) is 5.17. The van der Waals surface area contributed by atoms with Crippen LogP contribution in [0.3, 0.4) is 0 Å². The smallest absolute Gasteiger partial charge is 0.322 e. The molecule has 1 fully saturated rings. The van der Waals surface area contributed by atoms with Gasteiger partial charge in [-0.15, -0.1) is 0 Å². The van der Waals surface area contributed by atoms with Gasteiger partial charge in [0, 0.05) is 13.0 Å². The lowest BCUT2D eigenvalue weighted by atomic mass is 10.1. The highest BCUT2D eigenvalue weighted by Crippen LogP contribution is 2.21. The van der Waals surface area contributed by atoms with E-state index in [9.17, 15) is 14.4 Å². The van der Waals surface area contributed by atoms with Crippen molar-refractivity contribution in [3.8, 4) is 0 Å². The number of nitrogens with one attached hydrogen (secondary N) is 1. The van der Waals surface area contributed by atoms with Crippen LogP contribution >= 0.6 is 0 Å². The van der Waals surface area contributed by atoms with Gasteiger partial charge >= 0.3 is 5.97 Å². The van der Waals surface area contributed by atoms with Gasteiger partial charge in [0.25, 0.3) is 0 Å². The van der Waals surface area contributed by atoms with E-state index in [1.54, 1.807) is 0 Å². The highest BCUT2D eigenvalue weighted by atomic mass is 16.4. The number of hydrogen-bond donors (Lipinski definition) is 2. The lowest BCUT2D eigenvalue weighted by molar-refractivity contribution is -0.139. The molecule has 6 nitrogen and oxygen atoms in total. The molecule has 1 aromatic carbocycles. The van der Waals surface area contributed by atoms with E-state index in [-0.39, 0.29) is 5.91 Å². The summed E-state index contributed by atoms with van der Waals surface area (Å²) in [6.07, 6.45) is 0.743. The van der Waals surface area contributed by atoms with E-state index in [1.807, 2.05) is 31.2 Å². The van der Waals surface area contributed by atoms with Gasteiger partial charge in [0.05, 0.1) is 0 Å². The summed E-state index contributed by atoms with van der Waals surface area (Å²) in [5.74, 6) is -1.58. The van der Waals surface area contributed by atoms with Crippen LogP contribution in [0.4, 0.5) is 0 Å². The molecule has 2 rings (SSSR count). The lowest BCUT2D eigenvalue weighted by Crippen LogP contribution is -2.45. The Morgan fingerprint density at radius 2 is 2.00 bits per heavy atom. The maximum absolute atomic E-state index is 12.0. The Hall–Kier alpha value is -2.37. The Morgan fingerprint density at radius 3 is 2.62 bits per heavy atom. The molecule has 1 aromatic rings. The molecule has 2 N–H and O–H groups in total. The van der Waals surface area contributed by atoms with Crippen LogP contribution in [0.15, 0.2) is 24.3 Å². The third-order valence-corrected chi connectivity index (χ3v) is 3.52. The van der Waals surface area contributed by atoms with Gasteiger partial charge < -0.3 is 15.3 Å². The number of benzene rings is 1. The van der Waals surface area contributed by atoms with Gasteiger partial charge in [-0.1, -0.05) is 29.8 Å². The van der Waals surface area contributed by atoms with Crippen LogP contribution in [0, 0.1) is 6.92 Å². The molecule has 6 heteroatoms. The van der Waals surface area contributed by atoms with Gasteiger partial charge in [-0.25, -0.2) is 0 Å². The van der Waals surface area contributed by atoms with E-state index in [2.05, 4.69) is 5.32 Å². The van der Waals surface area contributed by atoms with E-state index in [0.29, 0.717) is 19.4 Å². The summed E-state index contributed by atoms with van der Waals surface area (Å²) < 4.78 is 0. The van der Waals surface area contributed by atoms with Gasteiger partial charge in [-0.05, 0) is 18.9 Å². The molecule has 21 heavy (non-hydrogen) atoms. The normalized spacial score (nSPS) is 17.9. The maximum Gasteiger partial charge on any atom is 0.322 e. The molecule has 1 atom stereocenters. The van der Waals surface area contributed by atoms with Gasteiger partial charge in [-0.3, -0.25) is 14.4 Å². The molecule has 0 aliphatic carbocycles. The first kappa shape index (κ1) is 15.0. The number of carboxylic acid groups (broad SMARTS) is 1. The van der Waals surface area contributed by atoms with E-state index in [4.69, 9.17) is 5.11 Å². The molecule has 1 aliphatic heterocycles. The quantitative estimate of drug-likeness (QED) is 0.835. The molecule has 1 aliphatic rings. The fourth-order valence-electron chi connectivity index (χ4n) is 2.38. The fourth-order valence-corrected chi connectivity index (χ4v) is 2.38. The minimum absolute atomic E-state index is 0.0777. The Labute approximate surface area is 122 Å². The zero-order valence-electron chi connectivity index (χ0n) is 11.8. The maximum atomic E-state index is 12.0. The van der Waals surface area contributed by atoms with Crippen molar-refractivity contribution in [2.75, 3.05) is 6.54 Å². The van der Waals surface area contributed by atoms with E-state index >= 15 is 0 Å². The molecule has 0 spiro atoms. The number of aryl methyl sites for hydroxylation is 1. The van der Waals surface area contributed by atoms with Crippen LogP contribution in [0.1, 0.15) is 24.0 Å². The van der Waals surface area contributed by atoms with Crippen LogP contribution in [-0.4, -0.2) is 40.4 Å². The van der Waals surface area contributed by atoms with Crippen LogP contribution < -0.4 is 5.32 Å².